The summed E-state index contributed by atoms with van der Waals surface area (Å²) >= 11 is 0. The molecule has 1 aromatic heterocycles. The summed E-state index contributed by atoms with van der Waals surface area (Å²) in [7, 11) is 2.08. The average Bonchev–Trinajstić information content (AvgIpc) is 2.81. The van der Waals surface area contributed by atoms with E-state index in [9.17, 15) is 23.1 Å². The lowest BCUT2D eigenvalue weighted by molar-refractivity contribution is -0.153. The molecule has 0 saturated carbocycles. The molecule has 36 heavy (non-hydrogen) atoms. The summed E-state index contributed by atoms with van der Waals surface area (Å²) in [6.07, 6.45) is 0.990. The number of fused-ring (bicyclic) bond motifs is 1. The van der Waals surface area contributed by atoms with Gasteiger partial charge in [0.1, 0.15) is 5.75 Å². The normalized spacial score (nSPS) is 16.0. The third kappa shape index (κ3) is 5.70. The van der Waals surface area contributed by atoms with Crippen molar-refractivity contribution in [3.05, 3.63) is 82.2 Å². The summed E-state index contributed by atoms with van der Waals surface area (Å²) in [5.41, 5.74) is 7.19. The molecule has 0 amide bonds. The van der Waals surface area contributed by atoms with Crippen LogP contribution in [0.1, 0.15) is 50.6 Å². The molecule has 190 valence electrons. The van der Waals surface area contributed by atoms with E-state index in [1.165, 1.54) is 23.4 Å². The molecule has 1 atom stereocenters. The molecule has 1 aliphatic rings. The van der Waals surface area contributed by atoms with Crippen LogP contribution in [-0.4, -0.2) is 47.3 Å². The Morgan fingerprint density at radius 3 is 2.56 bits per heavy atom. The number of likely N-dealkylation sites (N-methyl/N-ethyl adjacent to an activating group) is 1. The van der Waals surface area contributed by atoms with Crippen molar-refractivity contribution in [3.63, 3.8) is 0 Å². The molecule has 1 aliphatic heterocycles. The molecular formula is C28H29F3N2O3. The second kappa shape index (κ2) is 10.3. The summed E-state index contributed by atoms with van der Waals surface area (Å²) in [5.74, 6) is -0.739. The van der Waals surface area contributed by atoms with Crippen molar-refractivity contribution in [2.45, 2.75) is 45.3 Å². The quantitative estimate of drug-likeness (QED) is 0.422. The fourth-order valence-electron chi connectivity index (χ4n) is 5.12. The van der Waals surface area contributed by atoms with Gasteiger partial charge in [-0.05, 0) is 97.3 Å². The molecule has 0 unspecified atom stereocenters. The number of pyridine rings is 1. The zero-order valence-corrected chi connectivity index (χ0v) is 20.5. The van der Waals surface area contributed by atoms with Gasteiger partial charge in [-0.3, -0.25) is 9.88 Å². The molecule has 3 aromatic rings. The number of rotatable bonds is 7. The smallest absolute Gasteiger partial charge is 0.422 e. The highest BCUT2D eigenvalue weighted by molar-refractivity contribution is 5.89. The number of aromatic carboxylic acids is 1. The number of hydrogen-bond donors (Lipinski definition) is 1. The largest absolute Gasteiger partial charge is 0.484 e. The van der Waals surface area contributed by atoms with Gasteiger partial charge in [-0.2, -0.15) is 13.2 Å². The minimum absolute atomic E-state index is 0.144. The summed E-state index contributed by atoms with van der Waals surface area (Å²) in [6.45, 7) is 3.33. The summed E-state index contributed by atoms with van der Waals surface area (Å²) < 4.78 is 42.6. The molecule has 0 spiro atoms. The second-order valence-electron chi connectivity index (χ2n) is 9.37. The van der Waals surface area contributed by atoms with Gasteiger partial charge in [-0.25, -0.2) is 4.79 Å². The summed E-state index contributed by atoms with van der Waals surface area (Å²) in [5, 5.41) is 9.48. The maximum Gasteiger partial charge on any atom is 0.422 e. The fraction of sp³-hybridized carbons (Fsp3) is 0.357. The van der Waals surface area contributed by atoms with Crippen molar-refractivity contribution >= 4 is 5.97 Å². The van der Waals surface area contributed by atoms with Crippen LogP contribution in [0.15, 0.2) is 48.8 Å². The molecule has 0 aliphatic carbocycles. The first-order chi connectivity index (χ1) is 17.0. The van der Waals surface area contributed by atoms with Crippen molar-refractivity contribution in [2.24, 2.45) is 0 Å². The van der Waals surface area contributed by atoms with Crippen LogP contribution in [0.2, 0.25) is 0 Å². The van der Waals surface area contributed by atoms with Crippen LogP contribution in [-0.2, 0) is 12.8 Å². The number of aromatic nitrogens is 1. The highest BCUT2D eigenvalue weighted by Crippen LogP contribution is 2.37. The molecule has 1 N–H and O–H groups in total. The maximum absolute atomic E-state index is 12.6. The van der Waals surface area contributed by atoms with Crippen LogP contribution in [0.25, 0.3) is 11.1 Å². The molecule has 0 fully saturated rings. The van der Waals surface area contributed by atoms with Crippen molar-refractivity contribution in [3.8, 4) is 16.9 Å². The van der Waals surface area contributed by atoms with Gasteiger partial charge < -0.3 is 9.84 Å². The Morgan fingerprint density at radius 2 is 1.89 bits per heavy atom. The highest BCUT2D eigenvalue weighted by Gasteiger charge is 2.29. The van der Waals surface area contributed by atoms with Gasteiger partial charge in [0.05, 0.1) is 5.56 Å². The SMILES string of the molecule is Cc1cc(OCC(F)(F)F)cc(C)c1-c1ccc2c(c1)CCN(C)[C@H]2CCc1cnccc1C(=O)O. The minimum atomic E-state index is -4.38. The Bertz CT molecular complexity index is 1250. The zero-order chi connectivity index (χ0) is 26.0. The number of benzene rings is 2. The van der Waals surface area contributed by atoms with Crippen molar-refractivity contribution in [1.29, 1.82) is 0 Å². The molecule has 0 radical (unpaired) electrons. The van der Waals surface area contributed by atoms with E-state index in [2.05, 4.69) is 35.1 Å². The first-order valence-electron chi connectivity index (χ1n) is 11.8. The molecule has 0 bridgehead atoms. The van der Waals surface area contributed by atoms with E-state index in [-0.39, 0.29) is 17.4 Å². The first-order valence-corrected chi connectivity index (χ1v) is 11.8. The number of ether oxygens (including phenoxy) is 1. The summed E-state index contributed by atoms with van der Waals surface area (Å²) in [4.78, 5) is 18.0. The molecule has 8 heteroatoms. The van der Waals surface area contributed by atoms with Crippen LogP contribution in [0.4, 0.5) is 13.2 Å². The molecule has 0 saturated heterocycles. The summed E-state index contributed by atoms with van der Waals surface area (Å²) in [6, 6.07) is 11.3. The minimum Gasteiger partial charge on any atom is -0.484 e. The van der Waals surface area contributed by atoms with Gasteiger partial charge in [-0.15, -0.1) is 0 Å². The van der Waals surface area contributed by atoms with Crippen molar-refractivity contribution in [2.75, 3.05) is 20.2 Å². The number of aryl methyl sites for hydroxylation is 3. The van der Waals surface area contributed by atoms with E-state index in [1.54, 1.807) is 18.3 Å². The number of nitrogens with zero attached hydrogens (tertiary/aromatic N) is 2. The maximum atomic E-state index is 12.6. The van der Waals surface area contributed by atoms with Crippen LogP contribution in [0, 0.1) is 13.8 Å². The molecule has 4 rings (SSSR count). The third-order valence-electron chi connectivity index (χ3n) is 6.79. The third-order valence-corrected chi connectivity index (χ3v) is 6.79. The first kappa shape index (κ1) is 25.7. The zero-order valence-electron chi connectivity index (χ0n) is 20.5. The average molecular weight is 499 g/mol. The van der Waals surface area contributed by atoms with Gasteiger partial charge >= 0.3 is 12.1 Å². The van der Waals surface area contributed by atoms with E-state index in [0.717, 1.165) is 47.2 Å². The van der Waals surface area contributed by atoms with Crippen molar-refractivity contribution < 1.29 is 27.8 Å². The Hall–Kier alpha value is -3.39. The van der Waals surface area contributed by atoms with Crippen molar-refractivity contribution in [1.82, 2.24) is 9.88 Å². The molecule has 5 nitrogen and oxygen atoms in total. The topological polar surface area (TPSA) is 62.7 Å². The van der Waals surface area contributed by atoms with Crippen LogP contribution in [0.3, 0.4) is 0 Å². The fourth-order valence-corrected chi connectivity index (χ4v) is 5.12. The van der Waals surface area contributed by atoms with Crippen LogP contribution in [0.5, 0.6) is 5.75 Å². The van der Waals surface area contributed by atoms with Gasteiger partial charge in [0.2, 0.25) is 0 Å². The number of carboxylic acid groups (broad SMARTS) is 1. The number of hydrogen-bond acceptors (Lipinski definition) is 4. The van der Waals surface area contributed by atoms with Gasteiger partial charge in [0, 0.05) is 25.0 Å². The predicted octanol–water partition coefficient (Wildman–Crippen LogP) is 6.17. The van der Waals surface area contributed by atoms with Gasteiger partial charge in [-0.1, -0.05) is 18.2 Å². The Labute approximate surface area is 208 Å². The number of alkyl halides is 3. The highest BCUT2D eigenvalue weighted by atomic mass is 19.4. The number of carboxylic acids is 1. The number of halogens is 3. The Balaban J connectivity index is 1.58. The molecule has 2 aromatic carbocycles. The van der Waals surface area contributed by atoms with Crippen LogP contribution < -0.4 is 4.74 Å². The Morgan fingerprint density at radius 1 is 1.17 bits per heavy atom. The second-order valence-corrected chi connectivity index (χ2v) is 9.37. The lowest BCUT2D eigenvalue weighted by atomic mass is 9.85. The monoisotopic (exact) mass is 498 g/mol. The lowest BCUT2D eigenvalue weighted by Crippen LogP contribution is -2.32. The lowest BCUT2D eigenvalue weighted by Gasteiger charge is -2.35. The predicted molar refractivity (Wildman–Crippen MR) is 131 cm³/mol. The van der Waals surface area contributed by atoms with E-state index in [0.29, 0.717) is 6.42 Å². The van der Waals surface area contributed by atoms with Crippen LogP contribution >= 0.6 is 0 Å². The van der Waals surface area contributed by atoms with E-state index < -0.39 is 18.8 Å². The standard InChI is InChI=1S/C28H29F3N2O3/c1-17-12-22(36-16-28(29,30)31)13-18(2)26(17)20-4-6-23-19(14-20)9-11-33(3)25(23)7-5-21-15-32-10-8-24(21)27(34)35/h4,6,8,10,12-15,25H,5,7,9,11,16H2,1-3H3,(H,34,35)/t25-/m0/s1. The van der Waals surface area contributed by atoms with E-state index in [4.69, 9.17) is 4.74 Å². The molecular weight excluding hydrogens is 469 g/mol. The Kier molecular flexibility index (Phi) is 7.36. The molecule has 2 heterocycles. The van der Waals surface area contributed by atoms with Gasteiger partial charge in [0.15, 0.2) is 6.61 Å². The van der Waals surface area contributed by atoms with E-state index in [1.807, 2.05) is 13.8 Å². The number of carbonyl (C=O) groups is 1. The van der Waals surface area contributed by atoms with E-state index >= 15 is 0 Å². The van der Waals surface area contributed by atoms with Gasteiger partial charge in [0.25, 0.3) is 0 Å².